The summed E-state index contributed by atoms with van der Waals surface area (Å²) >= 11 is 5.98. The van der Waals surface area contributed by atoms with Crippen LogP contribution in [-0.4, -0.2) is 29.3 Å². The minimum absolute atomic E-state index is 0. The Hall–Kier alpha value is -2.37. The van der Waals surface area contributed by atoms with Crippen LogP contribution in [0.5, 0.6) is 0 Å². The van der Waals surface area contributed by atoms with Crippen LogP contribution < -0.4 is 5.32 Å². The van der Waals surface area contributed by atoms with Gasteiger partial charge in [0.2, 0.25) is 0 Å². The highest BCUT2D eigenvalue weighted by atomic mass is 35.5. The molecule has 0 amide bonds. The molecule has 3 aromatic rings. The molecule has 0 aliphatic rings. The lowest BCUT2D eigenvalue weighted by atomic mass is 9.94. The molecule has 1 atom stereocenters. The third kappa shape index (κ3) is 7.07. The molecule has 0 fully saturated rings. The van der Waals surface area contributed by atoms with E-state index in [0.717, 1.165) is 48.1 Å². The zero-order valence-corrected chi connectivity index (χ0v) is 19.6. The van der Waals surface area contributed by atoms with Crippen molar-refractivity contribution in [3.63, 3.8) is 0 Å². The number of carboxylic acids is 1. The number of aryl methyl sites for hydroxylation is 1. The quantitative estimate of drug-likeness (QED) is 0.318. The molecule has 0 aromatic heterocycles. The van der Waals surface area contributed by atoms with Crippen molar-refractivity contribution in [2.75, 3.05) is 13.1 Å². The summed E-state index contributed by atoms with van der Waals surface area (Å²) in [5.41, 5.74) is 5.57. The second kappa shape index (κ2) is 12.6. The fourth-order valence-electron chi connectivity index (χ4n) is 3.64. The SMILES string of the molecule is CCCc1cc(C(=O)O)ccc1-c1ccc(CCNC[C@H](O)c2cccc(Cl)c2)cc1.Cl. The van der Waals surface area contributed by atoms with Crippen molar-refractivity contribution in [1.82, 2.24) is 5.32 Å². The summed E-state index contributed by atoms with van der Waals surface area (Å²) in [6.07, 6.45) is 2.06. The Morgan fingerprint density at radius 3 is 2.44 bits per heavy atom. The van der Waals surface area contributed by atoms with Gasteiger partial charge in [0.15, 0.2) is 0 Å². The predicted octanol–water partition coefficient (Wildman–Crippen LogP) is 5.95. The van der Waals surface area contributed by atoms with Gasteiger partial charge >= 0.3 is 5.97 Å². The molecule has 3 N–H and O–H groups in total. The molecule has 3 rings (SSSR count). The average Bonchev–Trinajstić information content (AvgIpc) is 2.77. The molecule has 0 saturated heterocycles. The second-order valence-corrected chi connectivity index (χ2v) is 8.09. The number of hydrogen-bond acceptors (Lipinski definition) is 3. The standard InChI is InChI=1S/C26H28ClNO3.ClH/c1-2-4-20-15-22(26(30)31)11-12-24(20)19-9-7-18(8-10-19)13-14-28-17-25(29)21-5-3-6-23(27)16-21;/h3,5-12,15-16,25,28-29H,2,4,13-14,17H2,1H3,(H,30,31);1H/t25-;/m0./s1. The van der Waals surface area contributed by atoms with Crippen molar-refractivity contribution in [3.05, 3.63) is 94.0 Å². The Labute approximate surface area is 200 Å². The van der Waals surface area contributed by atoms with E-state index in [4.69, 9.17) is 11.6 Å². The van der Waals surface area contributed by atoms with Crippen LogP contribution in [-0.2, 0) is 12.8 Å². The van der Waals surface area contributed by atoms with E-state index in [-0.39, 0.29) is 12.4 Å². The minimum Gasteiger partial charge on any atom is -0.478 e. The molecule has 0 aliphatic heterocycles. The molecule has 0 radical (unpaired) electrons. The third-order valence-corrected chi connectivity index (χ3v) is 5.53. The molecule has 0 bridgehead atoms. The number of hydrogen-bond donors (Lipinski definition) is 3. The molecule has 0 heterocycles. The van der Waals surface area contributed by atoms with Gasteiger partial charge < -0.3 is 15.5 Å². The van der Waals surface area contributed by atoms with Gasteiger partial charge in [-0.25, -0.2) is 4.79 Å². The van der Waals surface area contributed by atoms with Gasteiger partial charge in [0.25, 0.3) is 0 Å². The normalized spacial score (nSPS) is 11.6. The first kappa shape index (κ1) is 25.9. The molecule has 170 valence electrons. The van der Waals surface area contributed by atoms with E-state index in [1.807, 2.05) is 18.2 Å². The van der Waals surface area contributed by atoms with Crippen molar-refractivity contribution in [2.24, 2.45) is 0 Å². The number of carboxylic acid groups (broad SMARTS) is 1. The van der Waals surface area contributed by atoms with Crippen molar-refractivity contribution >= 4 is 30.0 Å². The topological polar surface area (TPSA) is 69.6 Å². The van der Waals surface area contributed by atoms with Crippen molar-refractivity contribution in [2.45, 2.75) is 32.3 Å². The molecular formula is C26H29Cl2NO3. The summed E-state index contributed by atoms with van der Waals surface area (Å²) in [4.78, 5) is 11.3. The fraction of sp³-hybridized carbons (Fsp3) is 0.269. The molecular weight excluding hydrogens is 445 g/mol. The van der Waals surface area contributed by atoms with Gasteiger partial charge in [0.05, 0.1) is 11.7 Å². The first-order valence-electron chi connectivity index (χ1n) is 10.6. The number of halogens is 2. The largest absolute Gasteiger partial charge is 0.478 e. The number of aliphatic hydroxyl groups excluding tert-OH is 1. The second-order valence-electron chi connectivity index (χ2n) is 7.65. The predicted molar refractivity (Wildman–Crippen MR) is 133 cm³/mol. The Morgan fingerprint density at radius 1 is 1.03 bits per heavy atom. The van der Waals surface area contributed by atoms with E-state index >= 15 is 0 Å². The van der Waals surface area contributed by atoms with E-state index < -0.39 is 12.1 Å². The molecule has 4 nitrogen and oxygen atoms in total. The van der Waals surface area contributed by atoms with Gasteiger partial charge in [-0.15, -0.1) is 12.4 Å². The maximum atomic E-state index is 11.3. The minimum atomic E-state index is -0.896. The van der Waals surface area contributed by atoms with Crippen LogP contribution in [0.1, 0.15) is 46.5 Å². The first-order valence-corrected chi connectivity index (χ1v) is 11.0. The highest BCUT2D eigenvalue weighted by Crippen LogP contribution is 2.26. The van der Waals surface area contributed by atoms with Crippen molar-refractivity contribution in [3.8, 4) is 11.1 Å². The van der Waals surface area contributed by atoms with E-state index in [1.165, 1.54) is 5.56 Å². The summed E-state index contributed by atoms with van der Waals surface area (Å²) in [5.74, 6) is -0.896. The van der Waals surface area contributed by atoms with Gasteiger partial charge in [-0.2, -0.15) is 0 Å². The van der Waals surface area contributed by atoms with Crippen LogP contribution in [0.3, 0.4) is 0 Å². The Bertz CT molecular complexity index is 1020. The highest BCUT2D eigenvalue weighted by molar-refractivity contribution is 6.30. The number of rotatable bonds is 10. The molecule has 0 saturated carbocycles. The zero-order chi connectivity index (χ0) is 22.2. The van der Waals surface area contributed by atoms with E-state index in [0.29, 0.717) is 17.1 Å². The van der Waals surface area contributed by atoms with E-state index in [1.54, 1.807) is 24.3 Å². The number of aliphatic hydroxyl groups is 1. The molecule has 3 aromatic carbocycles. The average molecular weight is 474 g/mol. The lowest BCUT2D eigenvalue weighted by Crippen LogP contribution is -2.23. The van der Waals surface area contributed by atoms with Gasteiger partial charge in [0.1, 0.15) is 0 Å². The fourth-order valence-corrected chi connectivity index (χ4v) is 3.84. The van der Waals surface area contributed by atoms with Crippen molar-refractivity contribution < 1.29 is 15.0 Å². The smallest absolute Gasteiger partial charge is 0.335 e. The summed E-state index contributed by atoms with van der Waals surface area (Å²) < 4.78 is 0. The van der Waals surface area contributed by atoms with Crippen LogP contribution in [0.4, 0.5) is 0 Å². The molecule has 6 heteroatoms. The third-order valence-electron chi connectivity index (χ3n) is 5.30. The molecule has 0 aliphatic carbocycles. The summed E-state index contributed by atoms with van der Waals surface area (Å²) in [6, 6.07) is 21.0. The Balaban J connectivity index is 0.00000363. The first-order chi connectivity index (χ1) is 15.0. The van der Waals surface area contributed by atoms with E-state index in [2.05, 4.69) is 36.5 Å². The van der Waals surface area contributed by atoms with Crippen molar-refractivity contribution in [1.29, 1.82) is 0 Å². The lowest BCUT2D eigenvalue weighted by molar-refractivity contribution is 0.0696. The molecule has 0 spiro atoms. The van der Waals surface area contributed by atoms with Gasteiger partial charge in [0, 0.05) is 11.6 Å². The van der Waals surface area contributed by atoms with Gasteiger partial charge in [-0.3, -0.25) is 0 Å². The summed E-state index contributed by atoms with van der Waals surface area (Å²) in [7, 11) is 0. The van der Waals surface area contributed by atoms with Crippen LogP contribution >= 0.6 is 24.0 Å². The van der Waals surface area contributed by atoms with E-state index in [9.17, 15) is 15.0 Å². The number of carbonyl (C=O) groups is 1. The number of benzene rings is 3. The monoisotopic (exact) mass is 473 g/mol. The Morgan fingerprint density at radius 2 is 1.78 bits per heavy atom. The lowest BCUT2D eigenvalue weighted by Gasteiger charge is -2.13. The molecule has 0 unspecified atom stereocenters. The Kier molecular flexibility index (Phi) is 10.2. The zero-order valence-electron chi connectivity index (χ0n) is 18.1. The van der Waals surface area contributed by atoms with Gasteiger partial charge in [-0.05, 0) is 71.5 Å². The summed E-state index contributed by atoms with van der Waals surface area (Å²) in [5, 5.41) is 23.4. The maximum absolute atomic E-state index is 11.3. The highest BCUT2D eigenvalue weighted by Gasteiger charge is 2.10. The van der Waals surface area contributed by atoms with Crippen LogP contribution in [0, 0.1) is 0 Å². The number of nitrogens with one attached hydrogen (secondary N) is 1. The van der Waals surface area contributed by atoms with Crippen LogP contribution in [0.25, 0.3) is 11.1 Å². The van der Waals surface area contributed by atoms with Crippen LogP contribution in [0.2, 0.25) is 5.02 Å². The molecule has 32 heavy (non-hydrogen) atoms. The number of aromatic carboxylic acids is 1. The van der Waals surface area contributed by atoms with Crippen LogP contribution in [0.15, 0.2) is 66.7 Å². The van der Waals surface area contributed by atoms with Gasteiger partial charge in [-0.1, -0.05) is 67.4 Å². The summed E-state index contributed by atoms with van der Waals surface area (Å²) in [6.45, 7) is 3.32. The maximum Gasteiger partial charge on any atom is 0.335 e.